The summed E-state index contributed by atoms with van der Waals surface area (Å²) in [4.78, 5) is 12.1. The zero-order valence-corrected chi connectivity index (χ0v) is 11.2. The van der Waals surface area contributed by atoms with E-state index in [4.69, 9.17) is 10.9 Å². The van der Waals surface area contributed by atoms with Crippen LogP contribution in [0, 0.1) is 5.92 Å². The number of rotatable bonds is 5. The van der Waals surface area contributed by atoms with Gasteiger partial charge in [0, 0.05) is 18.4 Å². The lowest BCUT2D eigenvalue weighted by Gasteiger charge is -2.20. The number of nitrogens with two attached hydrogens (primary N) is 1. The highest BCUT2D eigenvalue weighted by Crippen LogP contribution is 2.23. The van der Waals surface area contributed by atoms with Crippen molar-refractivity contribution >= 4 is 11.7 Å². The Balaban J connectivity index is 2.44. The largest absolute Gasteiger partial charge is 0.409 e. The zero-order valence-electron chi connectivity index (χ0n) is 11.2. The number of oxime groups is 1. The Morgan fingerprint density at radius 3 is 2.50 bits per heavy atom. The van der Waals surface area contributed by atoms with Crippen LogP contribution in [0.15, 0.2) is 5.16 Å². The lowest BCUT2D eigenvalue weighted by molar-refractivity contribution is -0.126. The average molecular weight is 255 g/mol. The number of hydrogen-bond donors (Lipinski definition) is 3. The standard InChI is InChI=1S/C13H25N3O2/c1-2-11(9-12(14)16-18)15-13(17)10-7-5-3-4-6-8-10/h10-11,18H,2-9H2,1H3,(H2,14,16)(H,15,17). The van der Waals surface area contributed by atoms with Crippen LogP contribution in [-0.2, 0) is 4.79 Å². The van der Waals surface area contributed by atoms with Crippen molar-refractivity contribution in [3.05, 3.63) is 0 Å². The number of nitrogens with one attached hydrogen (secondary N) is 1. The maximum Gasteiger partial charge on any atom is 0.223 e. The molecular formula is C13H25N3O2. The fourth-order valence-corrected chi connectivity index (χ4v) is 2.45. The third kappa shape index (κ3) is 4.94. The SMILES string of the molecule is CCC(CC(N)=NO)NC(=O)C1CCCCCC1. The van der Waals surface area contributed by atoms with Crippen LogP contribution in [-0.4, -0.2) is 23.0 Å². The van der Waals surface area contributed by atoms with Crippen LogP contribution in [0.1, 0.15) is 58.3 Å². The molecule has 0 aromatic rings. The molecule has 1 rings (SSSR count). The summed E-state index contributed by atoms with van der Waals surface area (Å²) in [5.41, 5.74) is 5.48. The summed E-state index contributed by atoms with van der Waals surface area (Å²) in [7, 11) is 0. The molecule has 1 fully saturated rings. The van der Waals surface area contributed by atoms with E-state index in [2.05, 4.69) is 10.5 Å². The zero-order chi connectivity index (χ0) is 13.4. The summed E-state index contributed by atoms with van der Waals surface area (Å²) in [6.45, 7) is 1.99. The van der Waals surface area contributed by atoms with Gasteiger partial charge in [-0.05, 0) is 19.3 Å². The van der Waals surface area contributed by atoms with Gasteiger partial charge in [-0.15, -0.1) is 0 Å². The molecule has 104 valence electrons. The molecule has 1 amide bonds. The monoisotopic (exact) mass is 255 g/mol. The van der Waals surface area contributed by atoms with Gasteiger partial charge in [-0.25, -0.2) is 0 Å². The summed E-state index contributed by atoms with van der Waals surface area (Å²) in [6.07, 6.45) is 7.96. The Kier molecular flexibility index (Phi) is 6.54. The first kappa shape index (κ1) is 14.8. The predicted octanol–water partition coefficient (Wildman–Crippen LogP) is 1.99. The van der Waals surface area contributed by atoms with Gasteiger partial charge < -0.3 is 16.3 Å². The number of hydrogen-bond acceptors (Lipinski definition) is 3. The third-order valence-electron chi connectivity index (χ3n) is 3.65. The summed E-state index contributed by atoms with van der Waals surface area (Å²) >= 11 is 0. The minimum atomic E-state index is -0.0309. The van der Waals surface area contributed by atoms with Gasteiger partial charge >= 0.3 is 0 Å². The molecule has 1 aliphatic rings. The molecule has 0 heterocycles. The molecule has 0 aromatic heterocycles. The molecule has 0 bridgehead atoms. The van der Waals surface area contributed by atoms with Gasteiger partial charge in [0.25, 0.3) is 0 Å². The predicted molar refractivity (Wildman–Crippen MR) is 71.4 cm³/mol. The molecule has 1 saturated carbocycles. The molecule has 18 heavy (non-hydrogen) atoms. The Hall–Kier alpha value is -1.26. The van der Waals surface area contributed by atoms with Gasteiger partial charge in [-0.1, -0.05) is 37.8 Å². The van der Waals surface area contributed by atoms with Crippen molar-refractivity contribution in [2.75, 3.05) is 0 Å². The second kappa shape index (κ2) is 7.95. The van der Waals surface area contributed by atoms with E-state index >= 15 is 0 Å². The van der Waals surface area contributed by atoms with Crippen molar-refractivity contribution in [1.82, 2.24) is 5.32 Å². The van der Waals surface area contributed by atoms with Crippen LogP contribution in [0.5, 0.6) is 0 Å². The fraction of sp³-hybridized carbons (Fsp3) is 0.846. The molecule has 5 heteroatoms. The minimum absolute atomic E-state index is 0.0309. The van der Waals surface area contributed by atoms with Crippen LogP contribution in [0.2, 0.25) is 0 Å². The van der Waals surface area contributed by atoms with Gasteiger partial charge in [-0.3, -0.25) is 4.79 Å². The highest BCUT2D eigenvalue weighted by molar-refractivity contribution is 5.82. The Labute approximate surface area is 109 Å². The molecular weight excluding hydrogens is 230 g/mol. The van der Waals surface area contributed by atoms with Crippen LogP contribution >= 0.6 is 0 Å². The van der Waals surface area contributed by atoms with Crippen LogP contribution in [0.3, 0.4) is 0 Å². The molecule has 0 spiro atoms. The van der Waals surface area contributed by atoms with Gasteiger partial charge in [0.1, 0.15) is 5.84 Å². The topological polar surface area (TPSA) is 87.7 Å². The molecule has 0 aromatic carbocycles. The Bertz CT molecular complexity index is 284. The molecule has 1 atom stereocenters. The molecule has 1 unspecified atom stereocenters. The van der Waals surface area contributed by atoms with Crippen molar-refractivity contribution in [1.29, 1.82) is 0 Å². The minimum Gasteiger partial charge on any atom is -0.409 e. The lowest BCUT2D eigenvalue weighted by Crippen LogP contribution is -2.40. The summed E-state index contributed by atoms with van der Waals surface area (Å²) in [6, 6.07) is -0.0309. The summed E-state index contributed by atoms with van der Waals surface area (Å²) in [5.74, 6) is 0.450. The van der Waals surface area contributed by atoms with Gasteiger partial charge in [0.05, 0.1) is 0 Å². The molecule has 4 N–H and O–H groups in total. The van der Waals surface area contributed by atoms with E-state index in [9.17, 15) is 4.79 Å². The van der Waals surface area contributed by atoms with Crippen LogP contribution in [0.4, 0.5) is 0 Å². The van der Waals surface area contributed by atoms with Gasteiger partial charge in [-0.2, -0.15) is 0 Å². The normalized spacial score (nSPS) is 20.2. The molecule has 1 aliphatic carbocycles. The van der Waals surface area contributed by atoms with Gasteiger partial charge in [0.15, 0.2) is 0 Å². The fourth-order valence-electron chi connectivity index (χ4n) is 2.45. The van der Waals surface area contributed by atoms with Crippen molar-refractivity contribution in [3.8, 4) is 0 Å². The molecule has 0 radical (unpaired) electrons. The number of carbonyl (C=O) groups is 1. The number of amides is 1. The van der Waals surface area contributed by atoms with Crippen LogP contribution in [0.25, 0.3) is 0 Å². The van der Waals surface area contributed by atoms with E-state index in [1.807, 2.05) is 6.92 Å². The highest BCUT2D eigenvalue weighted by atomic mass is 16.4. The Morgan fingerprint density at radius 1 is 1.39 bits per heavy atom. The molecule has 5 nitrogen and oxygen atoms in total. The summed E-state index contributed by atoms with van der Waals surface area (Å²) in [5, 5.41) is 14.5. The van der Waals surface area contributed by atoms with Crippen molar-refractivity contribution < 1.29 is 10.0 Å². The van der Waals surface area contributed by atoms with Gasteiger partial charge in [0.2, 0.25) is 5.91 Å². The first-order valence-corrected chi connectivity index (χ1v) is 6.94. The second-order valence-electron chi connectivity index (χ2n) is 5.10. The highest BCUT2D eigenvalue weighted by Gasteiger charge is 2.22. The third-order valence-corrected chi connectivity index (χ3v) is 3.65. The maximum atomic E-state index is 12.1. The first-order chi connectivity index (χ1) is 8.67. The number of nitrogens with zero attached hydrogens (tertiary/aromatic N) is 1. The van der Waals surface area contributed by atoms with E-state index in [0.29, 0.717) is 6.42 Å². The Morgan fingerprint density at radius 2 is 2.00 bits per heavy atom. The van der Waals surface area contributed by atoms with Crippen molar-refractivity contribution in [3.63, 3.8) is 0 Å². The summed E-state index contributed by atoms with van der Waals surface area (Å²) < 4.78 is 0. The first-order valence-electron chi connectivity index (χ1n) is 6.94. The lowest BCUT2D eigenvalue weighted by atomic mass is 9.98. The quantitative estimate of drug-likeness (QED) is 0.231. The average Bonchev–Trinajstić information content (AvgIpc) is 2.66. The smallest absolute Gasteiger partial charge is 0.223 e. The van der Waals surface area contributed by atoms with Crippen molar-refractivity contribution in [2.45, 2.75) is 64.3 Å². The number of carbonyl (C=O) groups excluding carboxylic acids is 1. The number of amidine groups is 1. The molecule has 0 aliphatic heterocycles. The van der Waals surface area contributed by atoms with E-state index in [-0.39, 0.29) is 23.7 Å². The van der Waals surface area contributed by atoms with E-state index in [0.717, 1.165) is 32.1 Å². The maximum absolute atomic E-state index is 12.1. The van der Waals surface area contributed by atoms with Crippen LogP contribution < -0.4 is 11.1 Å². The van der Waals surface area contributed by atoms with Crippen molar-refractivity contribution in [2.24, 2.45) is 16.8 Å². The van der Waals surface area contributed by atoms with E-state index in [1.165, 1.54) is 12.8 Å². The van der Waals surface area contributed by atoms with E-state index < -0.39 is 0 Å². The van der Waals surface area contributed by atoms with E-state index in [1.54, 1.807) is 0 Å². The second-order valence-corrected chi connectivity index (χ2v) is 5.10. The molecule has 0 saturated heterocycles.